The van der Waals surface area contributed by atoms with Gasteiger partial charge < -0.3 is 0 Å². The van der Waals surface area contributed by atoms with Crippen molar-refractivity contribution in [2.75, 3.05) is 5.33 Å². The number of alkyl halides is 4. The standard InChI is InChI=1S/C10H14Br2Cl2/c1-10(2)8(12)5-7(13)6(3-4-11)9(10)14/h3,7-9H,4-5H2,1-2H3/b6-3+/t7-,8-,9-/m1/s1. The van der Waals surface area contributed by atoms with Crippen molar-refractivity contribution in [1.82, 2.24) is 0 Å². The molecule has 3 atom stereocenters. The maximum atomic E-state index is 6.44. The van der Waals surface area contributed by atoms with Gasteiger partial charge in [0.2, 0.25) is 0 Å². The van der Waals surface area contributed by atoms with E-state index >= 15 is 0 Å². The fourth-order valence-corrected chi connectivity index (χ4v) is 3.92. The van der Waals surface area contributed by atoms with Gasteiger partial charge in [0, 0.05) is 10.2 Å². The highest BCUT2D eigenvalue weighted by molar-refractivity contribution is 9.09. The Labute approximate surface area is 113 Å². The second-order valence-electron chi connectivity index (χ2n) is 4.21. The maximum Gasteiger partial charge on any atom is 0.0621 e. The summed E-state index contributed by atoms with van der Waals surface area (Å²) in [7, 11) is 0. The van der Waals surface area contributed by atoms with Gasteiger partial charge in [-0.05, 0) is 17.4 Å². The quantitative estimate of drug-likeness (QED) is 0.466. The van der Waals surface area contributed by atoms with Crippen LogP contribution in [0.5, 0.6) is 0 Å². The Kier molecular flexibility index (Phi) is 4.84. The van der Waals surface area contributed by atoms with Gasteiger partial charge in [-0.25, -0.2) is 0 Å². The zero-order chi connectivity index (χ0) is 10.9. The average Bonchev–Trinajstić information content (AvgIpc) is 2.10. The lowest BCUT2D eigenvalue weighted by molar-refractivity contribution is 0.315. The van der Waals surface area contributed by atoms with Crippen molar-refractivity contribution in [3.63, 3.8) is 0 Å². The Hall–Kier alpha value is 1.28. The molecule has 4 heteroatoms. The first-order chi connectivity index (χ1) is 6.41. The van der Waals surface area contributed by atoms with Crippen LogP contribution >= 0.6 is 55.1 Å². The van der Waals surface area contributed by atoms with Gasteiger partial charge in [0.15, 0.2) is 0 Å². The molecule has 0 aromatic carbocycles. The summed E-state index contributed by atoms with van der Waals surface area (Å²) in [6.07, 6.45) is 3.03. The third-order valence-corrected chi connectivity index (χ3v) is 5.96. The predicted molar refractivity (Wildman–Crippen MR) is 72.3 cm³/mol. The zero-order valence-corrected chi connectivity index (χ0v) is 12.9. The van der Waals surface area contributed by atoms with Crippen LogP contribution in [0.25, 0.3) is 0 Å². The van der Waals surface area contributed by atoms with Gasteiger partial charge >= 0.3 is 0 Å². The van der Waals surface area contributed by atoms with Crippen molar-refractivity contribution < 1.29 is 0 Å². The van der Waals surface area contributed by atoms with E-state index in [9.17, 15) is 0 Å². The molecule has 1 fully saturated rings. The molecule has 0 radical (unpaired) electrons. The van der Waals surface area contributed by atoms with Crippen molar-refractivity contribution in [3.8, 4) is 0 Å². The van der Waals surface area contributed by atoms with E-state index in [4.69, 9.17) is 23.2 Å². The normalized spacial score (nSPS) is 40.1. The molecular formula is C10H14Br2Cl2. The van der Waals surface area contributed by atoms with E-state index in [2.05, 4.69) is 51.8 Å². The molecule has 0 amide bonds. The first-order valence-electron chi connectivity index (χ1n) is 4.59. The summed E-state index contributed by atoms with van der Waals surface area (Å²) in [4.78, 5) is 0.382. The average molecular weight is 365 g/mol. The predicted octanol–water partition coefficient (Wildman–Crippen LogP) is 4.72. The van der Waals surface area contributed by atoms with Crippen LogP contribution in [0.2, 0.25) is 0 Å². The number of rotatable bonds is 1. The van der Waals surface area contributed by atoms with E-state index < -0.39 is 0 Å². The van der Waals surface area contributed by atoms with Gasteiger partial charge in [-0.3, -0.25) is 0 Å². The van der Waals surface area contributed by atoms with Gasteiger partial charge in [-0.15, -0.1) is 23.2 Å². The maximum absolute atomic E-state index is 6.44. The molecule has 14 heavy (non-hydrogen) atoms. The molecule has 0 N–H and O–H groups in total. The molecule has 0 nitrogen and oxygen atoms in total. The summed E-state index contributed by atoms with van der Waals surface area (Å²) in [5.74, 6) is 0. The van der Waals surface area contributed by atoms with E-state index in [1.54, 1.807) is 0 Å². The van der Waals surface area contributed by atoms with Gasteiger partial charge in [0.1, 0.15) is 0 Å². The number of hydrogen-bond acceptors (Lipinski definition) is 0. The van der Waals surface area contributed by atoms with Gasteiger partial charge in [0.05, 0.1) is 10.8 Å². The van der Waals surface area contributed by atoms with Crippen molar-refractivity contribution >= 4 is 55.1 Å². The molecule has 0 unspecified atom stereocenters. The first-order valence-corrected chi connectivity index (χ1v) is 7.50. The summed E-state index contributed by atoms with van der Waals surface area (Å²) < 4.78 is 0. The Bertz CT molecular complexity index is 238. The van der Waals surface area contributed by atoms with E-state index in [0.29, 0.717) is 4.83 Å². The fourth-order valence-electron chi connectivity index (χ4n) is 1.69. The van der Waals surface area contributed by atoms with E-state index in [1.807, 2.05) is 0 Å². The minimum Gasteiger partial charge on any atom is -0.118 e. The van der Waals surface area contributed by atoms with Crippen LogP contribution in [0.3, 0.4) is 0 Å². The van der Waals surface area contributed by atoms with Crippen LogP contribution < -0.4 is 0 Å². The van der Waals surface area contributed by atoms with E-state index in [0.717, 1.165) is 17.3 Å². The first kappa shape index (κ1) is 13.3. The van der Waals surface area contributed by atoms with Crippen LogP contribution in [0.4, 0.5) is 0 Å². The lowest BCUT2D eigenvalue weighted by Gasteiger charge is -2.43. The Morgan fingerprint density at radius 3 is 2.57 bits per heavy atom. The van der Waals surface area contributed by atoms with Crippen LogP contribution in [0.15, 0.2) is 11.6 Å². The Balaban J connectivity index is 2.95. The largest absolute Gasteiger partial charge is 0.118 e. The Morgan fingerprint density at radius 1 is 1.50 bits per heavy atom. The topological polar surface area (TPSA) is 0 Å². The zero-order valence-electron chi connectivity index (χ0n) is 8.24. The van der Waals surface area contributed by atoms with Crippen LogP contribution in [0, 0.1) is 5.41 Å². The molecular weight excluding hydrogens is 351 g/mol. The highest BCUT2D eigenvalue weighted by Crippen LogP contribution is 2.47. The molecule has 0 spiro atoms. The molecule has 1 aliphatic carbocycles. The van der Waals surface area contributed by atoms with Gasteiger partial charge in [0.25, 0.3) is 0 Å². The van der Waals surface area contributed by atoms with Crippen LogP contribution in [-0.4, -0.2) is 20.9 Å². The second-order valence-corrected chi connectivity index (χ2v) is 6.93. The number of hydrogen-bond donors (Lipinski definition) is 0. The summed E-state index contributed by atoms with van der Waals surface area (Å²) >= 11 is 19.8. The van der Waals surface area contributed by atoms with Crippen LogP contribution in [-0.2, 0) is 0 Å². The molecule has 0 saturated heterocycles. The molecule has 1 rings (SSSR count). The summed E-state index contributed by atoms with van der Waals surface area (Å²) in [5.41, 5.74) is 1.21. The second kappa shape index (κ2) is 5.07. The molecule has 1 saturated carbocycles. The van der Waals surface area contributed by atoms with Crippen molar-refractivity contribution in [1.29, 1.82) is 0 Å². The summed E-state index contributed by atoms with van der Waals surface area (Å²) in [6.45, 7) is 4.35. The molecule has 0 aromatic heterocycles. The molecule has 0 aromatic rings. The lowest BCUT2D eigenvalue weighted by Crippen LogP contribution is -2.43. The van der Waals surface area contributed by atoms with Crippen molar-refractivity contribution in [3.05, 3.63) is 11.6 Å². The molecule has 0 bridgehead atoms. The third kappa shape index (κ3) is 2.50. The van der Waals surface area contributed by atoms with Crippen LogP contribution in [0.1, 0.15) is 20.3 Å². The number of halogens is 4. The van der Waals surface area contributed by atoms with E-state index in [-0.39, 0.29) is 16.2 Å². The minimum atomic E-state index is 0.0145. The molecule has 0 aliphatic heterocycles. The SMILES string of the molecule is CC1(C)[C@H](Br)C[C@@H](Cl)/C(=C\CBr)[C@H]1Cl. The summed E-state index contributed by atoms with van der Waals surface area (Å²) in [5, 5.41) is 0.894. The lowest BCUT2D eigenvalue weighted by atomic mass is 9.74. The number of allylic oxidation sites excluding steroid dienone is 2. The molecule has 82 valence electrons. The van der Waals surface area contributed by atoms with Crippen molar-refractivity contribution in [2.45, 2.75) is 35.8 Å². The molecule has 1 aliphatic rings. The monoisotopic (exact) mass is 362 g/mol. The minimum absolute atomic E-state index is 0.0145. The van der Waals surface area contributed by atoms with Gasteiger partial charge in [-0.2, -0.15) is 0 Å². The third-order valence-electron chi connectivity index (χ3n) is 2.84. The smallest absolute Gasteiger partial charge is 0.0621 e. The summed E-state index contributed by atoms with van der Waals surface area (Å²) in [6, 6.07) is 0. The van der Waals surface area contributed by atoms with Gasteiger partial charge in [-0.1, -0.05) is 51.8 Å². The van der Waals surface area contributed by atoms with Crippen molar-refractivity contribution in [2.24, 2.45) is 5.41 Å². The van der Waals surface area contributed by atoms with E-state index in [1.165, 1.54) is 0 Å². The molecule has 0 heterocycles. The highest BCUT2D eigenvalue weighted by atomic mass is 79.9. The highest BCUT2D eigenvalue weighted by Gasteiger charge is 2.44. The fraction of sp³-hybridized carbons (Fsp3) is 0.800. The Morgan fingerprint density at radius 2 is 2.07 bits per heavy atom.